The van der Waals surface area contributed by atoms with Crippen molar-refractivity contribution in [1.82, 2.24) is 74.1 Å². The number of aromatic nitrogens is 1. The average Bonchev–Trinajstić information content (AvgIpc) is 1.31. The van der Waals surface area contributed by atoms with Crippen molar-refractivity contribution >= 4 is 133 Å². The Hall–Kier alpha value is -11.7. The standard InChI is InChI=1S/C79H107N19O15S/c1-7-44(6)67-78(113)94-60(39-99)69(104)87-38-63(101)88-54(24-16-30-85-79(83)84)70(105)93-59(36-62(81)100)72(107)91-57(34-46-26-28-48-18-9-11-20-50(48)32-46)74(109)96-65(42(2)3)76(111)90-55(23-14-15-29-80)71(106)92-58(35-51-37-86-53-22-13-12-21-52(51)53)75(110)97-66(43(4)5)77(112)95-61(68(82)103)40-114-41-64(102)89-56(73(108)98-67)33-45-25-27-47-17-8-10-19-49(47)31-45/h8-13,17-22,25-28,31-32,37,42-44,54-61,65-67,86,99H,7,14-16,23-24,29-30,33-36,38-41,80H2,1-6H3,(H2,81,100)(H2,82,103)(H,87,104)(H,88,101)(H,89,102)(H,90,111)(H,91,107)(H,92,106)(H,93,105)(H,94,113)(H,95,112)(H,96,109)(H,97,110)(H,98,108)(H4,83,84,85)/t44-,54-,55+,56-,57-,58-,59-,60-,61-,65-,66-,67-/m0/s1. The molecule has 614 valence electrons. The number of fused-ring (bicyclic) bond motifs is 3. The number of thioether (sulfide) groups is 1. The third-order valence-corrected chi connectivity index (χ3v) is 20.5. The van der Waals surface area contributed by atoms with Crippen molar-refractivity contribution in [2.24, 2.45) is 40.7 Å². The Labute approximate surface area is 664 Å². The van der Waals surface area contributed by atoms with Crippen molar-refractivity contribution in [3.05, 3.63) is 132 Å². The lowest BCUT2D eigenvalue weighted by molar-refractivity contribution is -0.137. The van der Waals surface area contributed by atoms with Gasteiger partial charge in [0.25, 0.3) is 0 Å². The number of nitrogens with two attached hydrogens (primary N) is 4. The monoisotopic (exact) mass is 1590 g/mol. The van der Waals surface area contributed by atoms with E-state index in [1.54, 1.807) is 102 Å². The van der Waals surface area contributed by atoms with Gasteiger partial charge in [0, 0.05) is 48.7 Å². The molecule has 1 aliphatic heterocycles. The third-order valence-electron chi connectivity index (χ3n) is 19.5. The van der Waals surface area contributed by atoms with Gasteiger partial charge in [0.15, 0.2) is 5.96 Å². The van der Waals surface area contributed by atoms with Gasteiger partial charge in [-0.3, -0.25) is 72.5 Å². The number of unbranched alkanes of at least 4 members (excludes halogenated alkanes) is 1. The van der Waals surface area contributed by atoms with Gasteiger partial charge >= 0.3 is 0 Å². The first-order valence-electron chi connectivity index (χ1n) is 38.0. The van der Waals surface area contributed by atoms with Gasteiger partial charge in [0.1, 0.15) is 66.5 Å². The molecule has 2 heterocycles. The first-order chi connectivity index (χ1) is 54.4. The molecule has 0 saturated carbocycles. The number of aliphatic hydroxyl groups excluding tert-OH is 1. The molecule has 6 aromatic rings. The molecule has 0 aliphatic carbocycles. The normalized spacial score (nSPS) is 22.9. The van der Waals surface area contributed by atoms with E-state index in [1.807, 2.05) is 54.6 Å². The van der Waals surface area contributed by atoms with Crippen molar-refractivity contribution < 1.29 is 72.2 Å². The van der Waals surface area contributed by atoms with Crippen LogP contribution in [0.3, 0.4) is 0 Å². The van der Waals surface area contributed by atoms with E-state index < -0.39 is 198 Å². The number of carbonyl (C=O) groups excluding carboxylic acids is 14. The lowest BCUT2D eigenvalue weighted by Crippen LogP contribution is -2.62. The molecule has 5 aromatic carbocycles. The Balaban J connectivity index is 1.27. The van der Waals surface area contributed by atoms with E-state index in [9.17, 15) is 57.8 Å². The predicted molar refractivity (Wildman–Crippen MR) is 430 cm³/mol. The highest BCUT2D eigenvalue weighted by atomic mass is 32.2. The SMILES string of the molecule is CC[C@H](C)[C@@H]1NC(=O)[C@H](Cc2ccc3ccccc3c2)NC(=O)CSC[C@@H](C(N)=O)NC(=O)[C@H](C(C)C)NC(=O)[C@H](Cc2c[nH]c3ccccc23)NC(=O)[C@@H](CCCCN)NC(=O)[C@H](C(C)C)NC(=O)[C@H](Cc2ccc3ccccc3c2)NC(=O)[C@H](CC(N)=O)NC(=O)[C@H](CCCNC(=N)N)NC(=O)CNC(=O)[C@H](CO)NC1=O. The van der Waals surface area contributed by atoms with Gasteiger partial charge in [0.2, 0.25) is 82.7 Å². The van der Waals surface area contributed by atoms with E-state index in [0.29, 0.717) is 34.0 Å². The summed E-state index contributed by atoms with van der Waals surface area (Å²) in [4.78, 5) is 204. The molecule has 1 fully saturated rings. The average molecular weight is 1590 g/mol. The molecule has 24 N–H and O–H groups in total. The second kappa shape index (κ2) is 43.9. The first-order valence-corrected chi connectivity index (χ1v) is 39.2. The minimum absolute atomic E-state index is 0.0122. The summed E-state index contributed by atoms with van der Waals surface area (Å²) in [5.41, 5.74) is 25.4. The summed E-state index contributed by atoms with van der Waals surface area (Å²) in [5.74, 6) is -16.6. The van der Waals surface area contributed by atoms with Gasteiger partial charge in [-0.1, -0.05) is 151 Å². The molecular formula is C79H107N19O15S. The number of para-hydroxylation sites is 1. The van der Waals surface area contributed by atoms with Crippen molar-refractivity contribution in [1.29, 1.82) is 5.41 Å². The van der Waals surface area contributed by atoms with Gasteiger partial charge in [-0.05, 0) is 101 Å². The number of benzene rings is 5. The lowest BCUT2D eigenvalue weighted by Gasteiger charge is -2.29. The molecular weight excluding hydrogens is 1490 g/mol. The van der Waals surface area contributed by atoms with Crippen LogP contribution in [0.2, 0.25) is 0 Å². The molecule has 1 saturated heterocycles. The van der Waals surface area contributed by atoms with Crippen LogP contribution in [0.1, 0.15) is 103 Å². The van der Waals surface area contributed by atoms with Crippen LogP contribution in [-0.2, 0) is 86.4 Å². The molecule has 14 amide bonds. The van der Waals surface area contributed by atoms with Gasteiger partial charge in [-0.15, -0.1) is 11.8 Å². The fourth-order valence-corrected chi connectivity index (χ4v) is 13.8. The van der Waals surface area contributed by atoms with E-state index >= 15 is 14.4 Å². The summed E-state index contributed by atoms with van der Waals surface area (Å²) in [6.45, 7) is 8.07. The minimum atomic E-state index is -1.86. The summed E-state index contributed by atoms with van der Waals surface area (Å²) in [6, 6.07) is 15.7. The molecule has 1 aliphatic rings. The zero-order valence-corrected chi connectivity index (χ0v) is 65.6. The van der Waals surface area contributed by atoms with Crippen molar-refractivity contribution in [3.63, 3.8) is 0 Å². The Bertz CT molecular complexity index is 4440. The van der Waals surface area contributed by atoms with Crippen LogP contribution in [0.25, 0.3) is 32.4 Å². The molecule has 0 radical (unpaired) electrons. The second-order valence-corrected chi connectivity index (χ2v) is 30.1. The summed E-state index contributed by atoms with van der Waals surface area (Å²) < 4.78 is 0. The summed E-state index contributed by atoms with van der Waals surface area (Å²) >= 11 is 0.866. The Morgan fingerprint density at radius 3 is 1.52 bits per heavy atom. The smallest absolute Gasteiger partial charge is 0.245 e. The van der Waals surface area contributed by atoms with Crippen molar-refractivity contribution in [2.75, 3.05) is 37.7 Å². The number of aliphatic hydroxyl groups is 1. The number of nitrogens with one attached hydrogen (secondary N) is 15. The van der Waals surface area contributed by atoms with Crippen LogP contribution in [0, 0.1) is 23.2 Å². The number of rotatable bonds is 22. The molecule has 7 rings (SSSR count). The van der Waals surface area contributed by atoms with Crippen LogP contribution >= 0.6 is 11.8 Å². The molecule has 114 heavy (non-hydrogen) atoms. The number of aromatic amines is 1. The number of primary amides is 2. The highest BCUT2D eigenvalue weighted by Crippen LogP contribution is 2.23. The van der Waals surface area contributed by atoms with E-state index in [0.717, 1.165) is 33.3 Å². The third kappa shape index (κ3) is 27.0. The number of hydrogen-bond acceptors (Lipinski definition) is 18. The van der Waals surface area contributed by atoms with Gasteiger partial charge in [0.05, 0.1) is 25.3 Å². The fourth-order valence-electron chi connectivity index (χ4n) is 12.9. The van der Waals surface area contributed by atoms with Crippen LogP contribution in [0.4, 0.5) is 0 Å². The van der Waals surface area contributed by atoms with Crippen LogP contribution in [-0.4, -0.2) is 203 Å². The summed E-state index contributed by atoms with van der Waals surface area (Å²) in [5, 5.41) is 56.2. The highest BCUT2D eigenvalue weighted by Gasteiger charge is 2.39. The maximum absolute atomic E-state index is 15.1. The van der Waals surface area contributed by atoms with Crippen molar-refractivity contribution in [3.8, 4) is 0 Å². The fraction of sp³-hybridized carbons (Fsp3) is 0.456. The topological polar surface area (TPSA) is 559 Å². The molecule has 34 nitrogen and oxygen atoms in total. The van der Waals surface area contributed by atoms with Gasteiger partial charge in [-0.2, -0.15) is 0 Å². The van der Waals surface area contributed by atoms with Crippen LogP contribution in [0.15, 0.2) is 115 Å². The maximum atomic E-state index is 15.1. The highest BCUT2D eigenvalue weighted by molar-refractivity contribution is 8.00. The van der Waals surface area contributed by atoms with E-state index in [1.165, 1.54) is 0 Å². The van der Waals surface area contributed by atoms with Gasteiger partial charge in [-0.25, -0.2) is 0 Å². The summed E-state index contributed by atoms with van der Waals surface area (Å²) in [7, 11) is 0. The van der Waals surface area contributed by atoms with Crippen LogP contribution < -0.4 is 92.1 Å². The number of H-pyrrole nitrogens is 1. The van der Waals surface area contributed by atoms with Crippen LogP contribution in [0.5, 0.6) is 0 Å². The molecule has 0 unspecified atom stereocenters. The second-order valence-electron chi connectivity index (χ2n) is 29.0. The molecule has 0 bridgehead atoms. The van der Waals surface area contributed by atoms with Gasteiger partial charge < -0.3 is 102 Å². The maximum Gasteiger partial charge on any atom is 0.245 e. The quantitative estimate of drug-likeness (QED) is 0.0216. The van der Waals surface area contributed by atoms with E-state index in [2.05, 4.69) is 74.1 Å². The number of hydrogen-bond donors (Lipinski definition) is 20. The molecule has 35 heteroatoms. The zero-order valence-electron chi connectivity index (χ0n) is 64.7. The minimum Gasteiger partial charge on any atom is -0.394 e. The molecule has 1 aromatic heterocycles. The number of guanidine groups is 1. The lowest BCUT2D eigenvalue weighted by atomic mass is 9.96. The number of amides is 14. The Kier molecular flexibility index (Phi) is 34.5. The molecule has 12 atom stereocenters. The zero-order chi connectivity index (χ0) is 83.3. The first kappa shape index (κ1) is 89.5. The largest absolute Gasteiger partial charge is 0.394 e. The Morgan fingerprint density at radius 1 is 0.509 bits per heavy atom. The number of carbonyl (C=O) groups is 14. The Morgan fingerprint density at radius 2 is 0.974 bits per heavy atom. The molecule has 0 spiro atoms. The van der Waals surface area contributed by atoms with E-state index in [-0.39, 0.29) is 70.2 Å². The van der Waals surface area contributed by atoms with E-state index in [4.69, 9.17) is 28.3 Å². The predicted octanol–water partition coefficient (Wildman–Crippen LogP) is -1.20. The summed E-state index contributed by atoms with van der Waals surface area (Å²) in [6.07, 6.45) is 0.874. The van der Waals surface area contributed by atoms with Crippen molar-refractivity contribution in [2.45, 2.75) is 172 Å².